The second kappa shape index (κ2) is 6.54. The zero-order chi connectivity index (χ0) is 17.5. The van der Waals surface area contributed by atoms with Crippen molar-refractivity contribution in [1.29, 1.82) is 0 Å². The van der Waals surface area contributed by atoms with E-state index in [1.165, 1.54) is 0 Å². The zero-order valence-corrected chi connectivity index (χ0v) is 15.4. The van der Waals surface area contributed by atoms with Crippen LogP contribution in [0.1, 0.15) is 44.1 Å². The predicted octanol–water partition coefficient (Wildman–Crippen LogP) is 3.16. The molecular weight excluding hydrogens is 341 g/mol. The normalized spacial score (nSPS) is 25.8. The molecule has 1 aromatic carbocycles. The van der Waals surface area contributed by atoms with E-state index in [-0.39, 0.29) is 17.3 Å². The fourth-order valence-corrected chi connectivity index (χ4v) is 5.72. The Balaban J connectivity index is 1.36. The van der Waals surface area contributed by atoms with E-state index in [1.807, 2.05) is 12.1 Å². The van der Waals surface area contributed by atoms with Crippen LogP contribution in [0.5, 0.6) is 5.75 Å². The van der Waals surface area contributed by atoms with Gasteiger partial charge in [0.1, 0.15) is 9.84 Å². The van der Waals surface area contributed by atoms with Crippen molar-refractivity contribution in [2.75, 3.05) is 24.6 Å². The molecule has 2 saturated heterocycles. The summed E-state index contributed by atoms with van der Waals surface area (Å²) in [5.74, 6) is 0.828. The highest BCUT2D eigenvalue weighted by Crippen LogP contribution is 2.42. The molecule has 0 atom stereocenters. The van der Waals surface area contributed by atoms with Crippen LogP contribution in [0.2, 0.25) is 0 Å². The molecule has 0 unspecified atom stereocenters. The minimum absolute atomic E-state index is 0.192. The van der Waals surface area contributed by atoms with Gasteiger partial charge < -0.3 is 4.74 Å². The molecule has 3 aliphatic rings. The van der Waals surface area contributed by atoms with E-state index >= 15 is 0 Å². The molecule has 25 heavy (non-hydrogen) atoms. The number of hydrogen-bond donors (Lipinski definition) is 0. The summed E-state index contributed by atoms with van der Waals surface area (Å²) in [6, 6.07) is 5.42. The summed E-state index contributed by atoms with van der Waals surface area (Å²) in [6.45, 7) is 2.42. The third kappa shape index (κ3) is 4.00. The van der Waals surface area contributed by atoms with Crippen LogP contribution >= 0.6 is 0 Å². The average molecular weight is 367 g/mol. The van der Waals surface area contributed by atoms with Crippen molar-refractivity contribution >= 4 is 9.84 Å². The van der Waals surface area contributed by atoms with Gasteiger partial charge in [0.05, 0.1) is 17.6 Å². The number of likely N-dealkylation sites (tertiary alicyclic amines) is 1. The molecule has 0 amide bonds. The van der Waals surface area contributed by atoms with Crippen molar-refractivity contribution in [3.63, 3.8) is 0 Å². The molecule has 6 heteroatoms. The van der Waals surface area contributed by atoms with Gasteiger partial charge in [-0.05, 0) is 63.1 Å². The summed E-state index contributed by atoms with van der Waals surface area (Å²) in [5, 5.41) is 0. The van der Waals surface area contributed by atoms with E-state index in [9.17, 15) is 12.8 Å². The first kappa shape index (κ1) is 17.3. The monoisotopic (exact) mass is 367 g/mol. The number of nitrogens with zero attached hydrogens (tertiary/aromatic N) is 1. The Morgan fingerprint density at radius 2 is 1.80 bits per heavy atom. The summed E-state index contributed by atoms with van der Waals surface area (Å²) >= 11 is 0. The highest BCUT2D eigenvalue weighted by molar-refractivity contribution is 7.91. The standard InChI is InChI=1S/C19H26FNO3S/c20-18-15(2-1-3-17(18)24-16-4-5-16)14-21-10-6-19(7-11-21)8-12-25(22,23)13-9-19/h1-3,16H,4-14H2. The minimum Gasteiger partial charge on any atom is -0.487 e. The minimum atomic E-state index is -2.81. The molecule has 138 valence electrons. The van der Waals surface area contributed by atoms with Crippen molar-refractivity contribution < 1.29 is 17.5 Å². The first-order valence-electron chi connectivity index (χ1n) is 9.32. The Morgan fingerprint density at radius 1 is 1.12 bits per heavy atom. The first-order valence-corrected chi connectivity index (χ1v) is 11.1. The third-order valence-corrected chi connectivity index (χ3v) is 7.71. The van der Waals surface area contributed by atoms with E-state index in [2.05, 4.69) is 4.90 Å². The number of hydrogen-bond acceptors (Lipinski definition) is 4. The molecule has 0 aromatic heterocycles. The maximum atomic E-state index is 14.6. The van der Waals surface area contributed by atoms with Gasteiger partial charge in [0.2, 0.25) is 0 Å². The Kier molecular flexibility index (Phi) is 4.52. The smallest absolute Gasteiger partial charge is 0.169 e. The lowest BCUT2D eigenvalue weighted by Gasteiger charge is -2.44. The first-order chi connectivity index (χ1) is 11.9. The Hall–Kier alpha value is -1.14. The van der Waals surface area contributed by atoms with E-state index in [0.29, 0.717) is 29.4 Å². The molecule has 3 fully saturated rings. The second-order valence-electron chi connectivity index (χ2n) is 7.97. The van der Waals surface area contributed by atoms with Gasteiger partial charge in [0.15, 0.2) is 11.6 Å². The van der Waals surface area contributed by atoms with Gasteiger partial charge in [-0.15, -0.1) is 0 Å². The van der Waals surface area contributed by atoms with Gasteiger partial charge >= 0.3 is 0 Å². The highest BCUT2D eigenvalue weighted by Gasteiger charge is 2.39. The van der Waals surface area contributed by atoms with Crippen LogP contribution < -0.4 is 4.74 Å². The van der Waals surface area contributed by atoms with Gasteiger partial charge in [-0.25, -0.2) is 12.8 Å². The van der Waals surface area contributed by atoms with Crippen LogP contribution in [0.3, 0.4) is 0 Å². The number of benzene rings is 1. The van der Waals surface area contributed by atoms with E-state index in [0.717, 1.165) is 51.6 Å². The number of piperidine rings is 1. The third-order valence-electron chi connectivity index (χ3n) is 6.06. The Labute approximate surface area is 149 Å². The maximum absolute atomic E-state index is 14.6. The molecule has 1 spiro atoms. The average Bonchev–Trinajstić information content (AvgIpc) is 3.41. The van der Waals surface area contributed by atoms with Crippen molar-refractivity contribution in [3.8, 4) is 5.75 Å². The molecule has 2 aliphatic heterocycles. The van der Waals surface area contributed by atoms with Gasteiger partial charge in [0, 0.05) is 12.1 Å². The molecule has 0 radical (unpaired) electrons. The van der Waals surface area contributed by atoms with Crippen molar-refractivity contribution in [2.45, 2.75) is 51.2 Å². The van der Waals surface area contributed by atoms with E-state index in [4.69, 9.17) is 4.74 Å². The maximum Gasteiger partial charge on any atom is 0.169 e. The summed E-state index contributed by atoms with van der Waals surface area (Å²) in [7, 11) is -2.81. The van der Waals surface area contributed by atoms with Crippen molar-refractivity contribution in [3.05, 3.63) is 29.6 Å². The second-order valence-corrected chi connectivity index (χ2v) is 10.3. The van der Waals surface area contributed by atoms with Gasteiger partial charge in [-0.3, -0.25) is 4.90 Å². The molecule has 4 nitrogen and oxygen atoms in total. The largest absolute Gasteiger partial charge is 0.487 e. The molecule has 1 aromatic rings. The fourth-order valence-electron chi connectivity index (χ4n) is 4.03. The predicted molar refractivity (Wildman–Crippen MR) is 94.9 cm³/mol. The molecule has 4 rings (SSSR count). The highest BCUT2D eigenvalue weighted by atomic mass is 32.2. The number of ether oxygens (including phenoxy) is 1. The van der Waals surface area contributed by atoms with Crippen LogP contribution in [0.4, 0.5) is 4.39 Å². The fraction of sp³-hybridized carbons (Fsp3) is 0.684. The zero-order valence-electron chi connectivity index (χ0n) is 14.5. The van der Waals surface area contributed by atoms with Crippen LogP contribution in [-0.2, 0) is 16.4 Å². The van der Waals surface area contributed by atoms with E-state index in [1.54, 1.807) is 6.07 Å². The Bertz CT molecular complexity index is 721. The molecule has 2 heterocycles. The summed E-state index contributed by atoms with van der Waals surface area (Å²) in [6.07, 6.45) is 5.86. The summed E-state index contributed by atoms with van der Waals surface area (Å²) in [5.41, 5.74) is 0.887. The summed E-state index contributed by atoms with van der Waals surface area (Å²) < 4.78 is 43.6. The molecule has 1 aliphatic carbocycles. The summed E-state index contributed by atoms with van der Waals surface area (Å²) in [4.78, 5) is 2.29. The molecule has 0 N–H and O–H groups in total. The molecule has 0 bridgehead atoms. The lowest BCUT2D eigenvalue weighted by atomic mass is 9.74. The van der Waals surface area contributed by atoms with Crippen LogP contribution in [0.15, 0.2) is 18.2 Å². The van der Waals surface area contributed by atoms with Gasteiger partial charge in [-0.1, -0.05) is 12.1 Å². The SMILES string of the molecule is O=S1(=O)CCC2(CCN(Cc3cccc(OC4CC4)c3F)CC2)CC1. The van der Waals surface area contributed by atoms with Crippen molar-refractivity contribution in [2.24, 2.45) is 5.41 Å². The van der Waals surface area contributed by atoms with Crippen LogP contribution in [0, 0.1) is 11.2 Å². The van der Waals surface area contributed by atoms with Crippen molar-refractivity contribution in [1.82, 2.24) is 4.90 Å². The lowest BCUT2D eigenvalue weighted by molar-refractivity contribution is 0.0881. The number of rotatable bonds is 4. The van der Waals surface area contributed by atoms with E-state index < -0.39 is 9.84 Å². The molecule has 1 saturated carbocycles. The quantitative estimate of drug-likeness (QED) is 0.820. The number of halogens is 1. The van der Waals surface area contributed by atoms with Gasteiger partial charge in [0.25, 0.3) is 0 Å². The lowest BCUT2D eigenvalue weighted by Crippen LogP contribution is -2.43. The van der Waals surface area contributed by atoms with Crippen LogP contribution in [0.25, 0.3) is 0 Å². The topological polar surface area (TPSA) is 46.6 Å². The van der Waals surface area contributed by atoms with Gasteiger partial charge in [-0.2, -0.15) is 0 Å². The Morgan fingerprint density at radius 3 is 2.44 bits per heavy atom. The number of sulfone groups is 1. The van der Waals surface area contributed by atoms with Crippen LogP contribution in [-0.4, -0.2) is 44.0 Å². The molecular formula is C19H26FNO3S.